The summed E-state index contributed by atoms with van der Waals surface area (Å²) in [4.78, 5) is 38.4. The van der Waals surface area contributed by atoms with Crippen molar-refractivity contribution in [1.29, 1.82) is 0 Å². The molecular weight excluding hydrogens is 496 g/mol. The van der Waals surface area contributed by atoms with Gasteiger partial charge in [0.25, 0.3) is 9.70 Å². The minimum atomic E-state index is -2.24. The van der Waals surface area contributed by atoms with Crippen molar-refractivity contribution in [2.45, 2.75) is 3.79 Å². The molecule has 0 aromatic heterocycles. The molecule has 0 fully saturated rings. The van der Waals surface area contributed by atoms with Crippen molar-refractivity contribution in [1.82, 2.24) is 0 Å². The Hall–Kier alpha value is -2.57. The van der Waals surface area contributed by atoms with E-state index in [-0.39, 0.29) is 28.2 Å². The molecule has 0 spiro atoms. The Balaban J connectivity index is 2.05. The van der Waals surface area contributed by atoms with Gasteiger partial charge in [-0.2, -0.15) is 0 Å². The van der Waals surface area contributed by atoms with Crippen LogP contribution in [0.25, 0.3) is 0 Å². The van der Waals surface area contributed by atoms with Gasteiger partial charge in [-0.25, -0.2) is 0 Å². The summed E-state index contributed by atoms with van der Waals surface area (Å²) in [6.45, 7) is 0. The smallest absolute Gasteiger partial charge is 0.276 e. The number of anilines is 1. The van der Waals surface area contributed by atoms with Gasteiger partial charge in [-0.15, -0.1) is 0 Å². The maximum Gasteiger partial charge on any atom is 0.276 e. The van der Waals surface area contributed by atoms with Crippen LogP contribution in [0.3, 0.4) is 0 Å². The van der Waals surface area contributed by atoms with E-state index in [4.69, 9.17) is 51.1 Å². The van der Waals surface area contributed by atoms with Crippen LogP contribution in [0.1, 0.15) is 31.8 Å². The lowest BCUT2D eigenvalue weighted by atomic mass is 9.96. The summed E-state index contributed by atoms with van der Waals surface area (Å²) in [6.07, 6.45) is 0. The van der Waals surface area contributed by atoms with Crippen LogP contribution >= 0.6 is 46.4 Å². The zero-order valence-corrected chi connectivity index (χ0v) is 19.5. The van der Waals surface area contributed by atoms with Gasteiger partial charge in [0.1, 0.15) is 5.75 Å². The molecule has 0 saturated heterocycles. The number of hydrogen-bond donors (Lipinski definition) is 1. The lowest BCUT2D eigenvalue weighted by Gasteiger charge is -2.15. The van der Waals surface area contributed by atoms with Crippen LogP contribution in [0.4, 0.5) is 5.69 Å². The van der Waals surface area contributed by atoms with E-state index >= 15 is 0 Å². The first kappa shape index (κ1) is 24.1. The highest BCUT2D eigenvalue weighted by atomic mass is 35.6. The van der Waals surface area contributed by atoms with E-state index in [2.05, 4.69) is 5.32 Å². The third-order valence-corrected chi connectivity index (χ3v) is 5.22. The standard InChI is InChI=1S/C23H15Cl4NO4/c1-32-17-8-5-13(6-9-17)20(29)15-7-10-19(28-22(31)23(25,26)27)18(12-15)21(30)14-3-2-4-16(24)11-14/h2-12H,1H3,(H,28,31). The molecule has 1 N–H and O–H groups in total. The third kappa shape index (κ3) is 5.61. The molecule has 0 aliphatic rings. The number of methoxy groups -OCH3 is 1. The van der Waals surface area contributed by atoms with E-state index in [1.54, 1.807) is 42.5 Å². The number of halogens is 4. The van der Waals surface area contributed by atoms with Crippen LogP contribution in [0.2, 0.25) is 5.02 Å². The van der Waals surface area contributed by atoms with Gasteiger partial charge in [-0.1, -0.05) is 58.5 Å². The number of amides is 1. The maximum absolute atomic E-state index is 13.2. The zero-order chi connectivity index (χ0) is 23.5. The highest BCUT2D eigenvalue weighted by molar-refractivity contribution is 6.76. The van der Waals surface area contributed by atoms with Gasteiger partial charge in [-0.3, -0.25) is 14.4 Å². The monoisotopic (exact) mass is 509 g/mol. The summed E-state index contributed by atoms with van der Waals surface area (Å²) in [5.41, 5.74) is 1.00. The predicted molar refractivity (Wildman–Crippen MR) is 127 cm³/mol. The Morgan fingerprint density at radius 3 is 2.03 bits per heavy atom. The van der Waals surface area contributed by atoms with Crippen LogP contribution in [0.5, 0.6) is 5.75 Å². The van der Waals surface area contributed by atoms with E-state index < -0.39 is 15.5 Å². The minimum absolute atomic E-state index is 0.0363. The van der Waals surface area contributed by atoms with Crippen molar-refractivity contribution < 1.29 is 19.1 Å². The quantitative estimate of drug-likeness (QED) is 0.320. The number of hydrogen-bond acceptors (Lipinski definition) is 4. The number of ether oxygens (including phenoxy) is 1. The van der Waals surface area contributed by atoms with Gasteiger partial charge in [0.15, 0.2) is 11.6 Å². The second-order valence-corrected chi connectivity index (χ2v) is 9.33. The molecule has 3 rings (SSSR count). The van der Waals surface area contributed by atoms with E-state index in [0.717, 1.165) is 0 Å². The molecule has 0 bridgehead atoms. The number of rotatable bonds is 6. The SMILES string of the molecule is COc1ccc(C(=O)c2ccc(NC(=O)C(Cl)(Cl)Cl)c(C(=O)c3cccc(Cl)c3)c2)cc1. The maximum atomic E-state index is 13.2. The fourth-order valence-electron chi connectivity index (χ4n) is 2.87. The first-order valence-corrected chi connectivity index (χ1v) is 10.6. The molecule has 1 amide bonds. The Kier molecular flexibility index (Phi) is 7.47. The van der Waals surface area contributed by atoms with Crippen LogP contribution in [0.15, 0.2) is 66.7 Å². The van der Waals surface area contributed by atoms with E-state index in [0.29, 0.717) is 16.3 Å². The van der Waals surface area contributed by atoms with E-state index in [9.17, 15) is 14.4 Å². The van der Waals surface area contributed by atoms with Gasteiger partial charge in [0.05, 0.1) is 12.8 Å². The van der Waals surface area contributed by atoms with E-state index in [1.807, 2.05) is 0 Å². The number of benzene rings is 3. The molecule has 3 aromatic carbocycles. The second-order valence-electron chi connectivity index (χ2n) is 6.61. The van der Waals surface area contributed by atoms with Crippen LogP contribution in [0, 0.1) is 0 Å². The molecule has 0 saturated carbocycles. The Bertz CT molecular complexity index is 1190. The van der Waals surface area contributed by atoms with Gasteiger partial charge < -0.3 is 10.1 Å². The Morgan fingerprint density at radius 1 is 0.812 bits per heavy atom. The summed E-state index contributed by atoms with van der Waals surface area (Å²) < 4.78 is 2.86. The number of ketones is 2. The van der Waals surface area contributed by atoms with Crippen molar-refractivity contribution in [3.05, 3.63) is 94.0 Å². The van der Waals surface area contributed by atoms with E-state index in [1.165, 1.54) is 31.4 Å². The number of nitrogens with one attached hydrogen (secondary N) is 1. The molecule has 0 aliphatic heterocycles. The summed E-state index contributed by atoms with van der Waals surface area (Å²) in [6, 6.07) is 17.0. The number of carbonyl (C=O) groups excluding carboxylic acids is 3. The molecule has 164 valence electrons. The fraction of sp³-hybridized carbons (Fsp3) is 0.0870. The van der Waals surface area contributed by atoms with Gasteiger partial charge >= 0.3 is 0 Å². The molecule has 0 radical (unpaired) electrons. The average Bonchev–Trinajstić information content (AvgIpc) is 2.77. The highest BCUT2D eigenvalue weighted by Crippen LogP contribution is 2.30. The van der Waals surface area contributed by atoms with Crippen LogP contribution in [-0.4, -0.2) is 28.4 Å². The van der Waals surface area contributed by atoms with Crippen molar-refractivity contribution in [3.8, 4) is 5.75 Å². The summed E-state index contributed by atoms with van der Waals surface area (Å²) in [5.74, 6) is -1.15. The molecule has 3 aromatic rings. The molecular formula is C23H15Cl4NO4. The first-order chi connectivity index (χ1) is 15.1. The summed E-state index contributed by atoms with van der Waals surface area (Å²) >= 11 is 22.9. The van der Waals surface area contributed by atoms with Gasteiger partial charge in [0.2, 0.25) is 0 Å². The Labute approximate surface area is 204 Å². The van der Waals surface area contributed by atoms with Crippen molar-refractivity contribution >= 4 is 69.6 Å². The molecule has 0 atom stereocenters. The van der Waals surface area contributed by atoms with Crippen LogP contribution < -0.4 is 10.1 Å². The predicted octanol–water partition coefficient (Wildman–Crippen LogP) is 6.12. The lowest BCUT2D eigenvalue weighted by Crippen LogP contribution is -2.28. The topological polar surface area (TPSA) is 72.5 Å². The second kappa shape index (κ2) is 9.92. The third-order valence-electron chi connectivity index (χ3n) is 4.47. The first-order valence-electron chi connectivity index (χ1n) is 9.11. The normalized spacial score (nSPS) is 11.0. The fourth-order valence-corrected chi connectivity index (χ4v) is 3.20. The van der Waals surface area contributed by atoms with Crippen molar-refractivity contribution in [3.63, 3.8) is 0 Å². The van der Waals surface area contributed by atoms with Crippen LogP contribution in [-0.2, 0) is 4.79 Å². The van der Waals surface area contributed by atoms with Gasteiger partial charge in [-0.05, 0) is 54.6 Å². The molecule has 5 nitrogen and oxygen atoms in total. The Morgan fingerprint density at radius 2 is 1.44 bits per heavy atom. The average molecular weight is 511 g/mol. The molecule has 9 heteroatoms. The molecule has 32 heavy (non-hydrogen) atoms. The minimum Gasteiger partial charge on any atom is -0.497 e. The zero-order valence-electron chi connectivity index (χ0n) is 16.5. The molecule has 0 unspecified atom stereocenters. The van der Waals surface area contributed by atoms with Gasteiger partial charge in [0, 0.05) is 27.3 Å². The van der Waals surface area contributed by atoms with Crippen molar-refractivity contribution in [2.24, 2.45) is 0 Å². The highest BCUT2D eigenvalue weighted by Gasteiger charge is 2.31. The molecule has 0 aliphatic carbocycles. The molecule has 0 heterocycles. The number of carbonyl (C=O) groups is 3. The summed E-state index contributed by atoms with van der Waals surface area (Å²) in [5, 5.41) is 2.78. The van der Waals surface area contributed by atoms with Crippen molar-refractivity contribution in [2.75, 3.05) is 12.4 Å². The lowest BCUT2D eigenvalue weighted by molar-refractivity contribution is -0.115. The number of alkyl halides is 3. The summed E-state index contributed by atoms with van der Waals surface area (Å²) in [7, 11) is 1.52. The largest absolute Gasteiger partial charge is 0.497 e.